The van der Waals surface area contributed by atoms with Crippen LogP contribution in [0.2, 0.25) is 0 Å². The molecule has 1 aromatic rings. The summed E-state index contributed by atoms with van der Waals surface area (Å²) < 4.78 is 2.72. The molecule has 0 unspecified atom stereocenters. The Hall–Kier alpha value is -0.260. The summed E-state index contributed by atoms with van der Waals surface area (Å²) in [5.74, 6) is 0.601. The number of aryl methyl sites for hydroxylation is 1. The molecule has 50 valence electrons. The predicted octanol–water partition coefficient (Wildman–Crippen LogP) is 1.17. The molecule has 0 amide bonds. The number of nitrogens with two attached hydrogens (primary N) is 1. The van der Waals surface area contributed by atoms with Crippen LogP contribution in [0.15, 0.2) is 6.07 Å². The smallest absolute Gasteiger partial charge is 0.145 e. The van der Waals surface area contributed by atoms with E-state index < -0.39 is 0 Å². The highest BCUT2D eigenvalue weighted by Crippen LogP contribution is 2.05. The van der Waals surface area contributed by atoms with Gasteiger partial charge >= 0.3 is 0 Å². The lowest BCUT2D eigenvalue weighted by atomic mass is 10.5. The van der Waals surface area contributed by atoms with Gasteiger partial charge in [-0.25, -0.2) is 0 Å². The van der Waals surface area contributed by atoms with Gasteiger partial charge in [-0.05, 0) is 6.92 Å². The minimum Gasteiger partial charge on any atom is -0.382 e. The highest BCUT2D eigenvalue weighted by atomic mass is 127. The molecular formula is C5H8IN3. The molecule has 1 aromatic heterocycles. The van der Waals surface area contributed by atoms with Gasteiger partial charge in [-0.3, -0.25) is 4.68 Å². The quantitative estimate of drug-likeness (QED) is 0.588. The number of halogens is 1. The van der Waals surface area contributed by atoms with Gasteiger partial charge < -0.3 is 5.73 Å². The molecule has 0 aromatic carbocycles. The molecule has 3 nitrogen and oxygen atoms in total. The summed E-state index contributed by atoms with van der Waals surface area (Å²) in [6, 6.07) is 1.86. The van der Waals surface area contributed by atoms with Crippen molar-refractivity contribution in [2.24, 2.45) is 0 Å². The number of alkyl halides is 1. The number of hydrogen-bond donors (Lipinski definition) is 1. The Kier molecular flexibility index (Phi) is 1.94. The van der Waals surface area contributed by atoms with E-state index in [4.69, 9.17) is 5.73 Å². The number of nitrogen functional groups attached to an aromatic ring is 1. The van der Waals surface area contributed by atoms with Crippen LogP contribution in [0, 0.1) is 6.92 Å². The van der Waals surface area contributed by atoms with Crippen LogP contribution < -0.4 is 5.73 Å². The maximum atomic E-state index is 5.42. The van der Waals surface area contributed by atoms with Crippen LogP contribution in [0.25, 0.3) is 0 Å². The second-order valence-corrected chi connectivity index (χ2v) is 2.51. The minimum atomic E-state index is 0.601. The van der Waals surface area contributed by atoms with Crippen molar-refractivity contribution in [1.82, 2.24) is 9.78 Å². The summed E-state index contributed by atoms with van der Waals surface area (Å²) in [5.41, 5.74) is 6.53. The number of nitrogens with zero attached hydrogens (tertiary/aromatic N) is 2. The molecule has 0 aliphatic rings. The van der Waals surface area contributed by atoms with Gasteiger partial charge in [0.15, 0.2) is 0 Å². The molecule has 0 atom stereocenters. The van der Waals surface area contributed by atoms with Crippen molar-refractivity contribution in [2.45, 2.75) is 11.5 Å². The molecule has 1 heterocycles. The first kappa shape index (κ1) is 6.85. The summed E-state index contributed by atoms with van der Waals surface area (Å²) in [4.78, 5) is 0. The van der Waals surface area contributed by atoms with Crippen molar-refractivity contribution < 1.29 is 0 Å². The number of rotatable bonds is 1. The zero-order valence-corrected chi connectivity index (χ0v) is 7.29. The molecule has 0 spiro atoms. The fraction of sp³-hybridized carbons (Fsp3) is 0.400. The zero-order valence-electron chi connectivity index (χ0n) is 5.13. The van der Waals surface area contributed by atoms with E-state index in [-0.39, 0.29) is 0 Å². The van der Waals surface area contributed by atoms with Crippen LogP contribution in [0.3, 0.4) is 0 Å². The fourth-order valence-electron chi connectivity index (χ4n) is 0.657. The first-order valence-electron chi connectivity index (χ1n) is 2.60. The van der Waals surface area contributed by atoms with Crippen molar-refractivity contribution in [3.05, 3.63) is 11.8 Å². The first-order chi connectivity index (χ1) is 4.24. The maximum Gasteiger partial charge on any atom is 0.145 e. The van der Waals surface area contributed by atoms with Gasteiger partial charge in [-0.1, -0.05) is 22.6 Å². The van der Waals surface area contributed by atoms with E-state index in [2.05, 4.69) is 27.7 Å². The second-order valence-electron chi connectivity index (χ2n) is 1.83. The molecule has 0 fully saturated rings. The van der Waals surface area contributed by atoms with Gasteiger partial charge in [-0.2, -0.15) is 5.10 Å². The molecule has 4 heteroatoms. The van der Waals surface area contributed by atoms with E-state index in [1.165, 1.54) is 0 Å². The maximum absolute atomic E-state index is 5.42. The SMILES string of the molecule is Cc1cc(N)nn1CI. The van der Waals surface area contributed by atoms with Crippen molar-refractivity contribution >= 4 is 28.4 Å². The standard InChI is InChI=1S/C5H8IN3/c1-4-2-5(7)8-9(4)3-6/h2H,3H2,1H3,(H2,7,8). The van der Waals surface area contributed by atoms with E-state index in [9.17, 15) is 0 Å². The Morgan fingerprint density at radius 2 is 2.56 bits per heavy atom. The Bertz CT molecular complexity index is 206. The number of hydrogen-bond acceptors (Lipinski definition) is 2. The Morgan fingerprint density at radius 3 is 2.78 bits per heavy atom. The zero-order chi connectivity index (χ0) is 6.85. The average molecular weight is 237 g/mol. The van der Waals surface area contributed by atoms with E-state index in [0.29, 0.717) is 5.82 Å². The summed E-state index contributed by atoms with van der Waals surface area (Å²) in [6.07, 6.45) is 0. The van der Waals surface area contributed by atoms with Crippen molar-refractivity contribution in [1.29, 1.82) is 0 Å². The molecule has 1 rings (SSSR count). The van der Waals surface area contributed by atoms with Crippen LogP contribution in [-0.4, -0.2) is 9.78 Å². The highest BCUT2D eigenvalue weighted by Gasteiger charge is 1.96. The molecule has 0 bridgehead atoms. The van der Waals surface area contributed by atoms with Gasteiger partial charge in [0, 0.05) is 11.8 Å². The normalized spacial score (nSPS) is 10.0. The third-order valence-electron chi connectivity index (χ3n) is 1.11. The van der Waals surface area contributed by atoms with Crippen LogP contribution in [-0.2, 0) is 4.55 Å². The van der Waals surface area contributed by atoms with Crippen LogP contribution >= 0.6 is 22.6 Å². The van der Waals surface area contributed by atoms with Gasteiger partial charge in [0.2, 0.25) is 0 Å². The molecule has 0 saturated heterocycles. The summed E-state index contributed by atoms with van der Waals surface area (Å²) in [6.45, 7) is 1.99. The third-order valence-corrected chi connectivity index (χ3v) is 1.76. The monoisotopic (exact) mass is 237 g/mol. The first-order valence-corrected chi connectivity index (χ1v) is 4.12. The van der Waals surface area contributed by atoms with Crippen molar-refractivity contribution in [3.8, 4) is 0 Å². The second kappa shape index (κ2) is 2.55. The molecule has 9 heavy (non-hydrogen) atoms. The van der Waals surface area contributed by atoms with Gasteiger partial charge in [0.05, 0.1) is 4.55 Å². The summed E-state index contributed by atoms with van der Waals surface area (Å²) in [7, 11) is 0. The van der Waals surface area contributed by atoms with E-state index in [0.717, 1.165) is 10.2 Å². The number of aromatic nitrogens is 2. The summed E-state index contributed by atoms with van der Waals surface area (Å²) in [5, 5.41) is 4.02. The van der Waals surface area contributed by atoms with Crippen molar-refractivity contribution in [2.75, 3.05) is 5.73 Å². The van der Waals surface area contributed by atoms with E-state index in [1.54, 1.807) is 0 Å². The van der Waals surface area contributed by atoms with Crippen LogP contribution in [0.1, 0.15) is 5.69 Å². The van der Waals surface area contributed by atoms with Crippen LogP contribution in [0.5, 0.6) is 0 Å². The van der Waals surface area contributed by atoms with E-state index in [1.807, 2.05) is 17.7 Å². The molecular weight excluding hydrogens is 229 g/mol. The molecule has 0 aliphatic carbocycles. The Labute approximate surface area is 67.4 Å². The third kappa shape index (κ3) is 1.35. The molecule has 0 radical (unpaired) electrons. The van der Waals surface area contributed by atoms with Crippen LogP contribution in [0.4, 0.5) is 5.82 Å². The Balaban J connectivity index is 3.01. The minimum absolute atomic E-state index is 0.601. The average Bonchev–Trinajstić information content (AvgIpc) is 2.10. The summed E-state index contributed by atoms with van der Waals surface area (Å²) >= 11 is 2.24. The molecule has 0 saturated carbocycles. The van der Waals surface area contributed by atoms with Gasteiger partial charge in [0.1, 0.15) is 5.82 Å². The lowest BCUT2D eigenvalue weighted by Gasteiger charge is -1.93. The predicted molar refractivity (Wildman–Crippen MR) is 45.4 cm³/mol. The van der Waals surface area contributed by atoms with Gasteiger partial charge in [-0.15, -0.1) is 0 Å². The van der Waals surface area contributed by atoms with Crippen molar-refractivity contribution in [3.63, 3.8) is 0 Å². The van der Waals surface area contributed by atoms with E-state index >= 15 is 0 Å². The number of anilines is 1. The molecule has 2 N–H and O–H groups in total. The largest absolute Gasteiger partial charge is 0.382 e. The lowest BCUT2D eigenvalue weighted by molar-refractivity contribution is 0.744. The Morgan fingerprint density at radius 1 is 1.89 bits per heavy atom. The lowest BCUT2D eigenvalue weighted by Crippen LogP contribution is -1.96. The fourth-order valence-corrected chi connectivity index (χ4v) is 1.35. The molecule has 0 aliphatic heterocycles. The van der Waals surface area contributed by atoms with Gasteiger partial charge in [0.25, 0.3) is 0 Å². The topological polar surface area (TPSA) is 43.8 Å². The highest BCUT2D eigenvalue weighted by molar-refractivity contribution is 14.1.